The molecule has 0 spiro atoms. The van der Waals surface area contributed by atoms with Gasteiger partial charge < -0.3 is 9.84 Å². The van der Waals surface area contributed by atoms with Crippen molar-refractivity contribution in [3.63, 3.8) is 0 Å². The molecule has 0 aromatic heterocycles. The minimum absolute atomic E-state index is 0. The summed E-state index contributed by atoms with van der Waals surface area (Å²) < 4.78 is 5.25. The molecule has 23 heavy (non-hydrogen) atoms. The van der Waals surface area contributed by atoms with Crippen LogP contribution in [0.2, 0.25) is 10.0 Å². The van der Waals surface area contributed by atoms with Crippen LogP contribution in [0, 0.1) is 0 Å². The normalized spacial score (nSPS) is 10.2. The number of aromatic hydroxyl groups is 1. The minimum atomic E-state index is -0.460. The molecular formula is C15H12Cl2N2NiO3. The number of ether oxygens (including phenoxy) is 1. The standard InChI is InChI=1S/C15H12Cl2N2O3.Ni/c16-11-5-6-14(12(17)7-11)22-9-15(21)19-18-8-10-3-1-2-4-13(10)20;/h1-8,20H,9H2,(H,19,21);/b18-8-;. The molecule has 0 aliphatic rings. The van der Waals surface area contributed by atoms with Crippen LogP contribution >= 0.6 is 23.2 Å². The molecule has 2 aromatic rings. The van der Waals surface area contributed by atoms with E-state index in [1.807, 2.05) is 0 Å². The number of hydrogen-bond donors (Lipinski definition) is 2. The monoisotopic (exact) mass is 396 g/mol. The number of nitrogens with zero attached hydrogens (tertiary/aromatic N) is 1. The maximum Gasteiger partial charge on any atom is 0.277 e. The maximum atomic E-state index is 11.6. The Morgan fingerprint density at radius 2 is 2.00 bits per heavy atom. The topological polar surface area (TPSA) is 70.9 Å². The number of hydrogen-bond acceptors (Lipinski definition) is 4. The zero-order valence-corrected chi connectivity index (χ0v) is 14.1. The fourth-order valence-corrected chi connectivity index (χ4v) is 2.00. The van der Waals surface area contributed by atoms with Gasteiger partial charge in [0.05, 0.1) is 11.2 Å². The summed E-state index contributed by atoms with van der Waals surface area (Å²) in [6.45, 7) is -0.251. The second-order valence-corrected chi connectivity index (χ2v) is 5.06. The molecule has 0 unspecified atom stereocenters. The minimum Gasteiger partial charge on any atom is -0.507 e. The first-order chi connectivity index (χ1) is 10.6. The average molecular weight is 398 g/mol. The summed E-state index contributed by atoms with van der Waals surface area (Å²) in [5.41, 5.74) is 2.77. The summed E-state index contributed by atoms with van der Waals surface area (Å²) in [6, 6.07) is 11.3. The molecule has 5 nitrogen and oxygen atoms in total. The van der Waals surface area contributed by atoms with Crippen molar-refractivity contribution in [1.82, 2.24) is 5.43 Å². The Balaban J connectivity index is 0.00000264. The molecule has 2 N–H and O–H groups in total. The van der Waals surface area contributed by atoms with E-state index in [0.717, 1.165) is 0 Å². The van der Waals surface area contributed by atoms with Crippen LogP contribution in [0.25, 0.3) is 0 Å². The number of carbonyl (C=O) groups is 1. The van der Waals surface area contributed by atoms with E-state index < -0.39 is 5.91 Å². The smallest absolute Gasteiger partial charge is 0.277 e. The number of halogens is 2. The molecule has 0 aliphatic carbocycles. The van der Waals surface area contributed by atoms with E-state index >= 15 is 0 Å². The van der Waals surface area contributed by atoms with Gasteiger partial charge in [-0.2, -0.15) is 5.10 Å². The van der Waals surface area contributed by atoms with E-state index in [2.05, 4.69) is 10.5 Å². The zero-order chi connectivity index (χ0) is 15.9. The number of benzene rings is 2. The number of para-hydroxylation sites is 1. The predicted molar refractivity (Wildman–Crippen MR) is 85.8 cm³/mol. The van der Waals surface area contributed by atoms with E-state index in [9.17, 15) is 9.90 Å². The van der Waals surface area contributed by atoms with E-state index in [1.165, 1.54) is 18.3 Å². The average Bonchev–Trinajstić information content (AvgIpc) is 2.48. The fourth-order valence-electron chi connectivity index (χ4n) is 1.54. The van der Waals surface area contributed by atoms with Crippen molar-refractivity contribution < 1.29 is 31.1 Å². The van der Waals surface area contributed by atoms with Crippen molar-refractivity contribution in [2.75, 3.05) is 6.61 Å². The molecule has 0 radical (unpaired) electrons. The molecule has 0 atom stereocenters. The van der Waals surface area contributed by atoms with Crippen LogP contribution in [0.4, 0.5) is 0 Å². The Morgan fingerprint density at radius 3 is 2.70 bits per heavy atom. The molecule has 0 aliphatic heterocycles. The van der Waals surface area contributed by atoms with Gasteiger partial charge in [0.25, 0.3) is 5.91 Å². The van der Waals surface area contributed by atoms with Gasteiger partial charge in [0.15, 0.2) is 6.61 Å². The van der Waals surface area contributed by atoms with Gasteiger partial charge in [-0.15, -0.1) is 0 Å². The Kier molecular flexibility index (Phi) is 7.89. The Morgan fingerprint density at radius 1 is 1.26 bits per heavy atom. The summed E-state index contributed by atoms with van der Waals surface area (Å²) in [5.74, 6) is -0.0340. The maximum absolute atomic E-state index is 11.6. The summed E-state index contributed by atoms with van der Waals surface area (Å²) in [7, 11) is 0. The number of nitrogens with one attached hydrogen (secondary N) is 1. The number of rotatable bonds is 5. The molecule has 1 amide bonds. The van der Waals surface area contributed by atoms with E-state index in [4.69, 9.17) is 27.9 Å². The van der Waals surface area contributed by atoms with Crippen LogP contribution in [0.5, 0.6) is 11.5 Å². The molecular weight excluding hydrogens is 386 g/mol. The molecule has 0 saturated heterocycles. The van der Waals surface area contributed by atoms with Gasteiger partial charge >= 0.3 is 0 Å². The molecule has 2 rings (SSSR count). The van der Waals surface area contributed by atoms with Crippen molar-refractivity contribution >= 4 is 35.3 Å². The van der Waals surface area contributed by atoms with E-state index in [1.54, 1.807) is 30.3 Å². The molecule has 0 heterocycles. The van der Waals surface area contributed by atoms with Gasteiger partial charge in [-0.25, -0.2) is 5.43 Å². The Labute approximate surface area is 153 Å². The van der Waals surface area contributed by atoms with Crippen molar-refractivity contribution in [1.29, 1.82) is 0 Å². The molecule has 2 aromatic carbocycles. The van der Waals surface area contributed by atoms with Crippen molar-refractivity contribution in [3.8, 4) is 11.5 Å². The third-order valence-corrected chi connectivity index (χ3v) is 3.11. The van der Waals surface area contributed by atoms with Gasteiger partial charge in [0.1, 0.15) is 11.5 Å². The number of phenolic OH excluding ortho intramolecular Hbond substituents is 1. The first kappa shape index (κ1) is 19.3. The first-order valence-electron chi connectivity index (χ1n) is 6.24. The number of hydrazone groups is 1. The number of carbonyl (C=O) groups excluding carboxylic acids is 1. The molecule has 0 bridgehead atoms. The van der Waals surface area contributed by atoms with Gasteiger partial charge in [-0.1, -0.05) is 35.3 Å². The zero-order valence-electron chi connectivity index (χ0n) is 11.6. The van der Waals surface area contributed by atoms with Crippen molar-refractivity contribution in [2.45, 2.75) is 0 Å². The van der Waals surface area contributed by atoms with Crippen molar-refractivity contribution in [3.05, 3.63) is 58.1 Å². The SMILES string of the molecule is O=C(COc1ccc(Cl)cc1Cl)N/N=C\c1ccccc1O.[Ni]. The molecule has 0 saturated carbocycles. The summed E-state index contributed by atoms with van der Waals surface area (Å²) in [5, 5.41) is 14.1. The van der Waals surface area contributed by atoms with Gasteiger partial charge in [-0.05, 0) is 30.3 Å². The first-order valence-corrected chi connectivity index (χ1v) is 6.99. The van der Waals surface area contributed by atoms with E-state index in [0.29, 0.717) is 21.4 Å². The third kappa shape index (κ3) is 6.10. The van der Waals surface area contributed by atoms with Crippen LogP contribution in [0.15, 0.2) is 47.6 Å². The number of phenols is 1. The Bertz CT molecular complexity index is 711. The van der Waals surface area contributed by atoms with E-state index in [-0.39, 0.29) is 28.8 Å². The predicted octanol–water partition coefficient (Wildman–Crippen LogP) is 3.23. The largest absolute Gasteiger partial charge is 0.507 e. The summed E-state index contributed by atoms with van der Waals surface area (Å²) in [6.07, 6.45) is 1.34. The fraction of sp³-hybridized carbons (Fsp3) is 0.0667. The van der Waals surface area contributed by atoms with Crippen molar-refractivity contribution in [2.24, 2.45) is 5.10 Å². The van der Waals surface area contributed by atoms with Gasteiger partial charge in [-0.3, -0.25) is 4.79 Å². The van der Waals surface area contributed by atoms with Crippen LogP contribution in [-0.2, 0) is 21.3 Å². The number of amides is 1. The van der Waals surface area contributed by atoms with Gasteiger partial charge in [0.2, 0.25) is 0 Å². The molecule has 0 fully saturated rings. The molecule has 8 heteroatoms. The van der Waals surface area contributed by atoms with Crippen LogP contribution in [-0.4, -0.2) is 23.8 Å². The quantitative estimate of drug-likeness (QED) is 0.462. The Hall–Kier alpha value is -1.75. The van der Waals surface area contributed by atoms with Crippen LogP contribution in [0.1, 0.15) is 5.56 Å². The van der Waals surface area contributed by atoms with Gasteiger partial charge in [0, 0.05) is 27.1 Å². The second-order valence-electron chi connectivity index (χ2n) is 4.22. The summed E-state index contributed by atoms with van der Waals surface area (Å²) in [4.78, 5) is 11.6. The summed E-state index contributed by atoms with van der Waals surface area (Å²) >= 11 is 11.7. The third-order valence-electron chi connectivity index (χ3n) is 2.58. The second kappa shape index (κ2) is 9.41. The van der Waals surface area contributed by atoms with Crippen LogP contribution in [0.3, 0.4) is 0 Å². The van der Waals surface area contributed by atoms with Crippen LogP contribution < -0.4 is 10.2 Å². The molecule has 124 valence electrons.